The summed E-state index contributed by atoms with van der Waals surface area (Å²) in [7, 11) is 0. The third kappa shape index (κ3) is 2.17. The Bertz CT molecular complexity index is 1710. The first-order valence-electron chi connectivity index (χ1n) is 10.2. The second-order valence-electron chi connectivity index (χ2n) is 7.87. The number of hydrogen-bond acceptors (Lipinski definition) is 2. The molecule has 30 heavy (non-hydrogen) atoms. The highest BCUT2D eigenvalue weighted by molar-refractivity contribution is 7.26. The van der Waals surface area contributed by atoms with E-state index in [9.17, 15) is 0 Å². The minimum Gasteiger partial charge on any atom is -0.354 e. The van der Waals surface area contributed by atoms with Crippen LogP contribution in [0, 0.1) is 0 Å². The summed E-state index contributed by atoms with van der Waals surface area (Å²) in [5.74, 6) is 0. The van der Waals surface area contributed by atoms with Crippen LogP contribution in [0.2, 0.25) is 0 Å². The van der Waals surface area contributed by atoms with E-state index in [1.54, 1.807) is 0 Å². The normalized spacial score (nSPS) is 12.0. The number of rotatable bonds is 2. The molecule has 7 aromatic rings. The molecule has 0 atom stereocenters. The summed E-state index contributed by atoms with van der Waals surface area (Å²) in [5, 5.41) is 14.3. The van der Waals surface area contributed by atoms with Gasteiger partial charge < -0.3 is 5.32 Å². The maximum atomic E-state index is 3.77. The quantitative estimate of drug-likeness (QED) is 0.287. The van der Waals surface area contributed by atoms with Gasteiger partial charge in [-0.1, -0.05) is 78.9 Å². The first kappa shape index (κ1) is 16.2. The highest BCUT2D eigenvalue weighted by atomic mass is 32.1. The number of benzene rings is 6. The second-order valence-corrected chi connectivity index (χ2v) is 8.93. The summed E-state index contributed by atoms with van der Waals surface area (Å²) in [6.45, 7) is 0. The summed E-state index contributed by atoms with van der Waals surface area (Å²) < 4.78 is 2.64. The van der Waals surface area contributed by atoms with Crippen LogP contribution in [0.15, 0.2) is 97.1 Å². The topological polar surface area (TPSA) is 12.0 Å². The molecule has 0 radical (unpaired) electrons. The Balaban J connectivity index is 1.49. The van der Waals surface area contributed by atoms with Gasteiger partial charge >= 0.3 is 0 Å². The van der Waals surface area contributed by atoms with E-state index < -0.39 is 0 Å². The van der Waals surface area contributed by atoms with E-state index >= 15 is 0 Å². The lowest BCUT2D eigenvalue weighted by molar-refractivity contribution is 1.64. The van der Waals surface area contributed by atoms with Crippen LogP contribution in [0.4, 0.5) is 11.4 Å². The van der Waals surface area contributed by atoms with Crippen LogP contribution >= 0.6 is 11.3 Å². The minimum absolute atomic E-state index is 1.16. The average Bonchev–Trinajstić information content (AvgIpc) is 3.18. The van der Waals surface area contributed by atoms with E-state index in [-0.39, 0.29) is 0 Å². The van der Waals surface area contributed by atoms with Crippen LogP contribution in [0.3, 0.4) is 0 Å². The monoisotopic (exact) mass is 399 g/mol. The Morgan fingerprint density at radius 3 is 2.07 bits per heavy atom. The van der Waals surface area contributed by atoms with Gasteiger partial charge in [-0.3, -0.25) is 0 Å². The van der Waals surface area contributed by atoms with Gasteiger partial charge in [0.05, 0.1) is 10.4 Å². The summed E-state index contributed by atoms with van der Waals surface area (Å²) in [6, 6.07) is 35.2. The van der Waals surface area contributed by atoms with Crippen molar-refractivity contribution in [2.24, 2.45) is 0 Å². The molecule has 0 amide bonds. The van der Waals surface area contributed by atoms with Gasteiger partial charge in [-0.25, -0.2) is 0 Å². The Labute approximate surface area is 177 Å². The largest absolute Gasteiger partial charge is 0.354 e. The predicted molar refractivity (Wildman–Crippen MR) is 133 cm³/mol. The molecule has 1 nitrogen and oxygen atoms in total. The van der Waals surface area contributed by atoms with Crippen LogP contribution in [-0.4, -0.2) is 0 Å². The van der Waals surface area contributed by atoms with Gasteiger partial charge in [-0.05, 0) is 45.1 Å². The molecule has 0 fully saturated rings. The van der Waals surface area contributed by atoms with Gasteiger partial charge in [0.2, 0.25) is 0 Å². The molecular weight excluding hydrogens is 382 g/mol. The zero-order chi connectivity index (χ0) is 19.7. The zero-order valence-corrected chi connectivity index (χ0v) is 17.0. The molecule has 1 aromatic heterocycles. The van der Waals surface area contributed by atoms with Gasteiger partial charge in [-0.2, -0.15) is 0 Å². The molecule has 0 saturated heterocycles. The van der Waals surface area contributed by atoms with Crippen molar-refractivity contribution in [1.29, 1.82) is 0 Å². The molecule has 2 heteroatoms. The Hall–Kier alpha value is -3.62. The smallest absolute Gasteiger partial charge is 0.0590 e. The van der Waals surface area contributed by atoms with Crippen molar-refractivity contribution in [3.63, 3.8) is 0 Å². The second kappa shape index (κ2) is 5.94. The van der Waals surface area contributed by atoms with E-state index in [1.165, 1.54) is 58.2 Å². The summed E-state index contributed by atoms with van der Waals surface area (Å²) in [4.78, 5) is 0. The van der Waals surface area contributed by atoms with Crippen LogP contribution in [0.5, 0.6) is 0 Å². The Morgan fingerprint density at radius 1 is 0.467 bits per heavy atom. The van der Waals surface area contributed by atoms with Gasteiger partial charge in [0.25, 0.3) is 0 Å². The lowest BCUT2D eigenvalue weighted by Gasteiger charge is -2.15. The fourth-order valence-corrected chi connectivity index (χ4v) is 6.01. The summed E-state index contributed by atoms with van der Waals surface area (Å²) >= 11 is 1.86. The SMILES string of the molecule is c1cc2ccc3ccc(Nc4cccc5c4sc4ccccc45)c4ccc(c1)c2c34. The van der Waals surface area contributed by atoms with Crippen molar-refractivity contribution in [3.8, 4) is 0 Å². The van der Waals surface area contributed by atoms with Gasteiger partial charge in [0.15, 0.2) is 0 Å². The van der Waals surface area contributed by atoms with E-state index in [2.05, 4.69) is 102 Å². The molecule has 0 bridgehead atoms. The summed E-state index contributed by atoms with van der Waals surface area (Å²) in [6.07, 6.45) is 0. The Morgan fingerprint density at radius 2 is 1.17 bits per heavy atom. The lowest BCUT2D eigenvalue weighted by Crippen LogP contribution is -1.93. The van der Waals surface area contributed by atoms with Gasteiger partial charge in [0.1, 0.15) is 0 Å². The summed E-state index contributed by atoms with van der Waals surface area (Å²) in [5.41, 5.74) is 2.33. The number of fused-ring (bicyclic) bond motifs is 3. The van der Waals surface area contributed by atoms with Crippen LogP contribution in [-0.2, 0) is 0 Å². The molecule has 140 valence electrons. The maximum Gasteiger partial charge on any atom is 0.0590 e. The van der Waals surface area contributed by atoms with Crippen LogP contribution < -0.4 is 5.32 Å². The third-order valence-corrected chi connectivity index (χ3v) is 7.42. The van der Waals surface area contributed by atoms with Crippen LogP contribution in [0.25, 0.3) is 52.5 Å². The van der Waals surface area contributed by atoms with E-state index in [1.807, 2.05) is 11.3 Å². The third-order valence-electron chi connectivity index (χ3n) is 6.20. The Kier molecular flexibility index (Phi) is 3.21. The van der Waals surface area contributed by atoms with Crippen molar-refractivity contribution < 1.29 is 0 Å². The molecular formula is C28H17NS. The molecule has 6 aromatic carbocycles. The molecule has 0 aliphatic heterocycles. The molecule has 1 N–H and O–H groups in total. The van der Waals surface area contributed by atoms with E-state index in [4.69, 9.17) is 0 Å². The highest BCUT2D eigenvalue weighted by Crippen LogP contribution is 2.42. The molecule has 0 aliphatic carbocycles. The lowest BCUT2D eigenvalue weighted by atomic mass is 9.93. The number of thiophene rings is 1. The average molecular weight is 400 g/mol. The molecule has 1 heterocycles. The van der Waals surface area contributed by atoms with Gasteiger partial charge in [-0.15, -0.1) is 11.3 Å². The minimum atomic E-state index is 1.16. The van der Waals surface area contributed by atoms with Crippen molar-refractivity contribution >= 4 is 75.2 Å². The molecule has 7 rings (SSSR count). The molecule has 0 saturated carbocycles. The standard InChI is InChI=1S/C28H17NS/c1-2-10-25-20(7-1)21-8-4-9-24(28(21)30-25)29-23-16-14-19-12-11-17-5-3-6-18-13-15-22(23)27(19)26(17)18/h1-16,29H. The van der Waals surface area contributed by atoms with Crippen LogP contribution in [0.1, 0.15) is 0 Å². The number of nitrogens with one attached hydrogen (secondary N) is 1. The fourth-order valence-electron chi connectivity index (χ4n) is 4.84. The van der Waals surface area contributed by atoms with Crippen molar-refractivity contribution in [1.82, 2.24) is 0 Å². The molecule has 0 aliphatic rings. The van der Waals surface area contributed by atoms with Gasteiger partial charge in [0, 0.05) is 26.5 Å². The molecule has 0 unspecified atom stereocenters. The first-order valence-corrected chi connectivity index (χ1v) is 11.0. The zero-order valence-electron chi connectivity index (χ0n) is 16.1. The predicted octanol–water partition coefficient (Wildman–Crippen LogP) is 8.70. The maximum absolute atomic E-state index is 3.77. The fraction of sp³-hybridized carbons (Fsp3) is 0. The van der Waals surface area contributed by atoms with E-state index in [0.717, 1.165) is 5.69 Å². The van der Waals surface area contributed by atoms with Crippen molar-refractivity contribution in [2.45, 2.75) is 0 Å². The first-order chi connectivity index (χ1) is 14.9. The number of anilines is 2. The van der Waals surface area contributed by atoms with E-state index in [0.29, 0.717) is 0 Å². The van der Waals surface area contributed by atoms with Crippen molar-refractivity contribution in [2.75, 3.05) is 5.32 Å². The van der Waals surface area contributed by atoms with Crippen molar-refractivity contribution in [3.05, 3.63) is 97.1 Å². The highest BCUT2D eigenvalue weighted by Gasteiger charge is 2.13. The number of hydrogen-bond donors (Lipinski definition) is 1. The molecule has 0 spiro atoms.